The quantitative estimate of drug-likeness (QED) is 0.778. The zero-order valence-electron chi connectivity index (χ0n) is 12.2. The highest BCUT2D eigenvalue weighted by Gasteiger charge is 2.18. The van der Waals surface area contributed by atoms with Crippen LogP contribution in [0, 0.1) is 5.92 Å². The average Bonchev–Trinajstić information content (AvgIpc) is 2.41. The molecule has 0 radical (unpaired) electrons. The number of carbonyl (C=O) groups is 1. The van der Waals surface area contributed by atoms with Crippen LogP contribution in [0.4, 0.5) is 5.69 Å². The minimum absolute atomic E-state index is 0.129. The molecular weight excluding hydrogens is 236 g/mol. The van der Waals surface area contributed by atoms with Gasteiger partial charge in [-0.15, -0.1) is 0 Å². The lowest BCUT2D eigenvalue weighted by atomic mass is 9.96. The van der Waals surface area contributed by atoms with Crippen molar-refractivity contribution in [3.05, 3.63) is 29.8 Å². The van der Waals surface area contributed by atoms with Gasteiger partial charge in [-0.2, -0.15) is 0 Å². The van der Waals surface area contributed by atoms with Crippen molar-refractivity contribution in [2.24, 2.45) is 5.92 Å². The zero-order chi connectivity index (χ0) is 13.8. The minimum atomic E-state index is 0.129. The van der Waals surface area contributed by atoms with E-state index in [4.69, 9.17) is 0 Å². The van der Waals surface area contributed by atoms with Crippen LogP contribution < -0.4 is 4.90 Å². The second kappa shape index (κ2) is 6.20. The summed E-state index contributed by atoms with van der Waals surface area (Å²) in [5, 5.41) is 0. The van der Waals surface area contributed by atoms with E-state index in [0.717, 1.165) is 18.0 Å². The molecule has 1 heterocycles. The standard InChI is InChI=1S/C16H24N2O/c1-13(19)15-4-6-16(7-5-15)18(3)12-14-8-10-17(2)11-9-14/h4-7,14H,8-12H2,1-3H3. The van der Waals surface area contributed by atoms with Gasteiger partial charge in [0.25, 0.3) is 0 Å². The summed E-state index contributed by atoms with van der Waals surface area (Å²) in [5.74, 6) is 0.915. The Balaban J connectivity index is 1.92. The fourth-order valence-electron chi connectivity index (χ4n) is 2.69. The van der Waals surface area contributed by atoms with Crippen molar-refractivity contribution in [2.75, 3.05) is 38.6 Å². The predicted octanol–water partition coefficient (Wildman–Crippen LogP) is 2.67. The van der Waals surface area contributed by atoms with Gasteiger partial charge >= 0.3 is 0 Å². The first-order valence-electron chi connectivity index (χ1n) is 7.07. The number of Topliss-reactive ketones (excluding diaryl/α,β-unsaturated/α-hetero) is 1. The zero-order valence-corrected chi connectivity index (χ0v) is 12.2. The summed E-state index contributed by atoms with van der Waals surface area (Å²) in [6.07, 6.45) is 2.57. The van der Waals surface area contributed by atoms with Crippen LogP contribution in [-0.4, -0.2) is 44.4 Å². The number of hydrogen-bond donors (Lipinski definition) is 0. The Morgan fingerprint density at radius 1 is 1.26 bits per heavy atom. The summed E-state index contributed by atoms with van der Waals surface area (Å²) in [4.78, 5) is 16.0. The molecule has 0 amide bonds. The Kier molecular flexibility index (Phi) is 4.59. The number of piperidine rings is 1. The molecule has 0 saturated carbocycles. The Morgan fingerprint density at radius 3 is 2.37 bits per heavy atom. The van der Waals surface area contributed by atoms with Crippen LogP contribution >= 0.6 is 0 Å². The highest BCUT2D eigenvalue weighted by molar-refractivity contribution is 5.94. The SMILES string of the molecule is CC(=O)c1ccc(N(C)CC2CCN(C)CC2)cc1. The van der Waals surface area contributed by atoms with E-state index in [1.807, 2.05) is 24.3 Å². The average molecular weight is 260 g/mol. The number of carbonyl (C=O) groups excluding carboxylic acids is 1. The number of rotatable bonds is 4. The summed E-state index contributed by atoms with van der Waals surface area (Å²) in [7, 11) is 4.33. The van der Waals surface area contributed by atoms with Crippen molar-refractivity contribution < 1.29 is 4.79 Å². The maximum Gasteiger partial charge on any atom is 0.159 e. The van der Waals surface area contributed by atoms with Crippen molar-refractivity contribution in [3.8, 4) is 0 Å². The largest absolute Gasteiger partial charge is 0.374 e. The molecule has 3 nitrogen and oxygen atoms in total. The molecule has 104 valence electrons. The number of anilines is 1. The van der Waals surface area contributed by atoms with E-state index >= 15 is 0 Å². The normalized spacial score (nSPS) is 17.4. The topological polar surface area (TPSA) is 23.6 Å². The monoisotopic (exact) mass is 260 g/mol. The van der Waals surface area contributed by atoms with Gasteiger partial charge in [0.2, 0.25) is 0 Å². The van der Waals surface area contributed by atoms with Gasteiger partial charge in [-0.25, -0.2) is 0 Å². The second-order valence-electron chi connectivity index (χ2n) is 5.73. The molecule has 1 fully saturated rings. The van der Waals surface area contributed by atoms with Gasteiger partial charge in [0, 0.05) is 24.8 Å². The summed E-state index contributed by atoms with van der Waals surface area (Å²) >= 11 is 0. The van der Waals surface area contributed by atoms with Gasteiger partial charge in [-0.05, 0) is 70.1 Å². The Morgan fingerprint density at radius 2 is 1.84 bits per heavy atom. The van der Waals surface area contributed by atoms with Crippen LogP contribution in [0.1, 0.15) is 30.1 Å². The Hall–Kier alpha value is -1.35. The fourth-order valence-corrected chi connectivity index (χ4v) is 2.69. The fraction of sp³-hybridized carbons (Fsp3) is 0.562. The number of hydrogen-bond acceptors (Lipinski definition) is 3. The molecule has 0 unspecified atom stereocenters. The van der Waals surface area contributed by atoms with Gasteiger partial charge in [-0.3, -0.25) is 4.79 Å². The summed E-state index contributed by atoms with van der Waals surface area (Å²) in [5.41, 5.74) is 1.99. The van der Waals surface area contributed by atoms with E-state index in [1.165, 1.54) is 31.6 Å². The molecule has 0 aromatic heterocycles. The molecule has 19 heavy (non-hydrogen) atoms. The summed E-state index contributed by atoms with van der Waals surface area (Å²) in [6.45, 7) is 5.13. The van der Waals surface area contributed by atoms with Gasteiger partial charge in [0.1, 0.15) is 0 Å². The number of benzene rings is 1. The highest BCUT2D eigenvalue weighted by atomic mass is 16.1. The Bertz CT molecular complexity index is 419. The van der Waals surface area contributed by atoms with E-state index in [9.17, 15) is 4.79 Å². The molecule has 3 heteroatoms. The number of ketones is 1. The molecule has 0 aliphatic carbocycles. The van der Waals surface area contributed by atoms with Crippen LogP contribution in [0.5, 0.6) is 0 Å². The van der Waals surface area contributed by atoms with E-state index in [-0.39, 0.29) is 5.78 Å². The van der Waals surface area contributed by atoms with E-state index < -0.39 is 0 Å². The first-order chi connectivity index (χ1) is 9.06. The summed E-state index contributed by atoms with van der Waals surface area (Å²) in [6, 6.07) is 7.93. The molecule has 0 spiro atoms. The predicted molar refractivity (Wildman–Crippen MR) is 79.9 cm³/mol. The lowest BCUT2D eigenvalue weighted by Gasteiger charge is -2.32. The molecule has 1 aromatic rings. The van der Waals surface area contributed by atoms with E-state index in [2.05, 4.69) is 23.9 Å². The second-order valence-corrected chi connectivity index (χ2v) is 5.73. The van der Waals surface area contributed by atoms with Gasteiger partial charge < -0.3 is 9.80 Å². The van der Waals surface area contributed by atoms with E-state index in [0.29, 0.717) is 0 Å². The van der Waals surface area contributed by atoms with Crippen LogP contribution in [0.2, 0.25) is 0 Å². The van der Waals surface area contributed by atoms with Gasteiger partial charge in [0.15, 0.2) is 5.78 Å². The third-order valence-corrected chi connectivity index (χ3v) is 4.08. The smallest absolute Gasteiger partial charge is 0.159 e. The van der Waals surface area contributed by atoms with Crippen molar-refractivity contribution in [1.29, 1.82) is 0 Å². The number of nitrogens with zero attached hydrogens (tertiary/aromatic N) is 2. The first kappa shape index (κ1) is 14.1. The van der Waals surface area contributed by atoms with Crippen molar-refractivity contribution in [3.63, 3.8) is 0 Å². The molecule has 1 aromatic carbocycles. The maximum atomic E-state index is 11.3. The van der Waals surface area contributed by atoms with Crippen molar-refractivity contribution >= 4 is 11.5 Å². The van der Waals surface area contributed by atoms with Crippen molar-refractivity contribution in [1.82, 2.24) is 4.90 Å². The van der Waals surface area contributed by atoms with E-state index in [1.54, 1.807) is 6.92 Å². The van der Waals surface area contributed by atoms with Gasteiger partial charge in [0.05, 0.1) is 0 Å². The number of likely N-dealkylation sites (tertiary alicyclic amines) is 1. The van der Waals surface area contributed by atoms with Crippen LogP contribution in [0.15, 0.2) is 24.3 Å². The van der Waals surface area contributed by atoms with Crippen LogP contribution in [-0.2, 0) is 0 Å². The molecular formula is C16H24N2O. The third kappa shape index (κ3) is 3.80. The molecule has 0 N–H and O–H groups in total. The summed E-state index contributed by atoms with van der Waals surface area (Å²) < 4.78 is 0. The lowest BCUT2D eigenvalue weighted by Crippen LogP contribution is -2.35. The third-order valence-electron chi connectivity index (χ3n) is 4.08. The molecule has 1 aliphatic heterocycles. The Labute approximate surface area is 116 Å². The molecule has 0 bridgehead atoms. The molecule has 2 rings (SSSR count). The van der Waals surface area contributed by atoms with Crippen molar-refractivity contribution in [2.45, 2.75) is 19.8 Å². The molecule has 1 saturated heterocycles. The molecule has 1 aliphatic rings. The lowest BCUT2D eigenvalue weighted by molar-refractivity contribution is 0.101. The maximum absolute atomic E-state index is 11.3. The highest BCUT2D eigenvalue weighted by Crippen LogP contribution is 2.21. The first-order valence-corrected chi connectivity index (χ1v) is 7.07. The minimum Gasteiger partial charge on any atom is -0.374 e. The van der Waals surface area contributed by atoms with Gasteiger partial charge in [-0.1, -0.05) is 0 Å². The van der Waals surface area contributed by atoms with Crippen LogP contribution in [0.25, 0.3) is 0 Å². The molecule has 0 atom stereocenters. The van der Waals surface area contributed by atoms with Crippen LogP contribution in [0.3, 0.4) is 0 Å².